The van der Waals surface area contributed by atoms with Crippen LogP contribution in [0.4, 0.5) is 5.95 Å². The summed E-state index contributed by atoms with van der Waals surface area (Å²) in [5.41, 5.74) is 3.13. The number of anilines is 1. The van der Waals surface area contributed by atoms with Crippen molar-refractivity contribution in [2.24, 2.45) is 5.41 Å². The largest absolute Gasteiger partial charge is 0.394 e. The highest BCUT2D eigenvalue weighted by Gasteiger charge is 2.55. The number of aliphatic hydroxyl groups excluding tert-OH is 2. The van der Waals surface area contributed by atoms with Crippen LogP contribution in [-0.2, 0) is 4.79 Å². The van der Waals surface area contributed by atoms with Crippen molar-refractivity contribution in [3.63, 3.8) is 0 Å². The lowest BCUT2D eigenvalue weighted by Crippen LogP contribution is -2.39. The van der Waals surface area contributed by atoms with Crippen LogP contribution in [0.1, 0.15) is 12.5 Å². The Hall–Kier alpha value is -2.77. The second kappa shape index (κ2) is 4.62. The number of nitrogen functional groups attached to an aromatic ring is 1. The first-order chi connectivity index (χ1) is 10.4. The van der Waals surface area contributed by atoms with Crippen LogP contribution in [0.25, 0.3) is 11.2 Å². The normalized spacial score (nSPS) is 28.1. The van der Waals surface area contributed by atoms with Crippen molar-refractivity contribution in [3.05, 3.63) is 16.7 Å². The van der Waals surface area contributed by atoms with Gasteiger partial charge in [-0.15, -0.1) is 0 Å². The summed E-state index contributed by atoms with van der Waals surface area (Å²) in [4.78, 5) is 34.3. The van der Waals surface area contributed by atoms with Crippen molar-refractivity contribution in [2.45, 2.75) is 18.6 Å². The molecule has 1 aliphatic rings. The highest BCUT2D eigenvalue weighted by atomic mass is 16.3. The molecular formula is C12H12N6O4. The molecule has 2 aromatic heterocycles. The molecule has 0 amide bonds. The highest BCUT2D eigenvalue weighted by Crippen LogP contribution is 2.41. The van der Waals surface area contributed by atoms with Crippen molar-refractivity contribution in [3.8, 4) is 6.07 Å². The predicted molar refractivity (Wildman–Crippen MR) is 72.4 cm³/mol. The van der Waals surface area contributed by atoms with E-state index in [2.05, 4.69) is 15.0 Å². The zero-order chi connectivity index (χ0) is 16.1. The molecule has 2 aromatic rings. The van der Waals surface area contributed by atoms with Crippen molar-refractivity contribution in [1.29, 1.82) is 5.26 Å². The number of rotatable bonds is 2. The molecule has 1 saturated carbocycles. The summed E-state index contributed by atoms with van der Waals surface area (Å²) < 4.78 is 1.29. The molecule has 0 unspecified atom stereocenters. The number of ketones is 1. The summed E-state index contributed by atoms with van der Waals surface area (Å²) in [6.07, 6.45) is -0.184. The van der Waals surface area contributed by atoms with Gasteiger partial charge >= 0.3 is 0 Å². The summed E-state index contributed by atoms with van der Waals surface area (Å²) >= 11 is 0. The molecule has 0 radical (unpaired) electrons. The van der Waals surface area contributed by atoms with E-state index >= 15 is 0 Å². The Morgan fingerprint density at radius 3 is 2.91 bits per heavy atom. The van der Waals surface area contributed by atoms with E-state index in [9.17, 15) is 19.8 Å². The lowest BCUT2D eigenvalue weighted by atomic mass is 9.85. The number of hydrogen-bond acceptors (Lipinski definition) is 8. The topological polar surface area (TPSA) is 171 Å². The molecule has 3 rings (SSSR count). The van der Waals surface area contributed by atoms with Crippen LogP contribution in [0.15, 0.2) is 11.1 Å². The fourth-order valence-corrected chi connectivity index (χ4v) is 2.74. The number of aromatic nitrogens is 4. The maximum Gasteiger partial charge on any atom is 0.280 e. The summed E-state index contributed by atoms with van der Waals surface area (Å²) in [5.74, 6) is -0.788. The molecule has 22 heavy (non-hydrogen) atoms. The molecule has 10 heteroatoms. The van der Waals surface area contributed by atoms with Crippen LogP contribution in [0.2, 0.25) is 0 Å². The first-order valence-corrected chi connectivity index (χ1v) is 6.41. The minimum atomic E-state index is -1.88. The van der Waals surface area contributed by atoms with E-state index in [-0.39, 0.29) is 23.5 Å². The average molecular weight is 304 g/mol. The van der Waals surface area contributed by atoms with E-state index in [4.69, 9.17) is 11.0 Å². The minimum Gasteiger partial charge on any atom is -0.394 e. The number of carbonyl (C=O) groups is 1. The quantitative estimate of drug-likeness (QED) is 0.497. The standard InChI is InChI=1S/C12H12N6O4/c13-2-12(3-19)6(20)1-5(8(12)21)18-4-15-7-9(18)16-11(14)17-10(7)22/h4-6,19-20H,1,3H2,(H3,14,16,17,22)/t5-,6-,12+/m0/s1. The van der Waals surface area contributed by atoms with Gasteiger partial charge in [-0.2, -0.15) is 10.2 Å². The van der Waals surface area contributed by atoms with E-state index in [1.165, 1.54) is 10.9 Å². The molecule has 2 heterocycles. The third kappa shape index (κ3) is 1.66. The molecule has 10 nitrogen and oxygen atoms in total. The molecule has 114 valence electrons. The molecule has 0 spiro atoms. The number of nitrogens with zero attached hydrogens (tertiary/aromatic N) is 4. The number of Topliss-reactive ketones (excluding diaryl/α,β-unsaturated/α-hetero) is 1. The Morgan fingerprint density at radius 1 is 1.59 bits per heavy atom. The van der Waals surface area contributed by atoms with Crippen molar-refractivity contribution in [1.82, 2.24) is 19.5 Å². The second-order valence-electron chi connectivity index (χ2n) is 5.15. The van der Waals surface area contributed by atoms with E-state index in [0.29, 0.717) is 0 Å². The summed E-state index contributed by atoms with van der Waals surface area (Å²) in [6, 6.07) is 0.735. The van der Waals surface area contributed by atoms with Gasteiger partial charge in [-0.05, 0) is 0 Å². The summed E-state index contributed by atoms with van der Waals surface area (Å²) in [6.45, 7) is -0.789. The van der Waals surface area contributed by atoms with Crippen LogP contribution in [0, 0.1) is 16.7 Å². The van der Waals surface area contributed by atoms with Gasteiger partial charge in [0.25, 0.3) is 5.56 Å². The minimum absolute atomic E-state index is 0.00468. The van der Waals surface area contributed by atoms with E-state index in [1.54, 1.807) is 6.07 Å². The lowest BCUT2D eigenvalue weighted by molar-refractivity contribution is -0.129. The molecule has 3 atom stereocenters. The van der Waals surface area contributed by atoms with E-state index in [1.807, 2.05) is 0 Å². The van der Waals surface area contributed by atoms with Crippen LogP contribution in [0.3, 0.4) is 0 Å². The molecule has 0 saturated heterocycles. The molecule has 5 N–H and O–H groups in total. The van der Waals surface area contributed by atoms with Gasteiger partial charge in [-0.3, -0.25) is 14.6 Å². The maximum atomic E-state index is 12.5. The van der Waals surface area contributed by atoms with Gasteiger partial charge in [0.15, 0.2) is 22.4 Å². The Labute approximate surface area is 122 Å². The Kier molecular flexibility index (Phi) is 2.98. The molecular weight excluding hydrogens is 292 g/mol. The molecule has 0 bridgehead atoms. The number of carbonyl (C=O) groups excluding carboxylic acids is 1. The van der Waals surface area contributed by atoms with Crippen molar-refractivity contribution < 1.29 is 15.0 Å². The van der Waals surface area contributed by atoms with Gasteiger partial charge in [0.1, 0.15) is 0 Å². The number of imidazole rings is 1. The van der Waals surface area contributed by atoms with Gasteiger partial charge in [0, 0.05) is 6.42 Å². The van der Waals surface area contributed by atoms with Gasteiger partial charge in [-0.25, -0.2) is 4.98 Å². The van der Waals surface area contributed by atoms with Gasteiger partial charge in [0.05, 0.1) is 31.1 Å². The number of nitriles is 1. The first kappa shape index (κ1) is 14.2. The molecule has 1 aliphatic carbocycles. The summed E-state index contributed by atoms with van der Waals surface area (Å²) in [7, 11) is 0. The van der Waals surface area contributed by atoms with Crippen molar-refractivity contribution in [2.75, 3.05) is 12.3 Å². The number of fused-ring (bicyclic) bond motifs is 1. The Bertz CT molecular complexity index is 865. The first-order valence-electron chi connectivity index (χ1n) is 6.41. The maximum absolute atomic E-state index is 12.5. The number of hydrogen-bond donors (Lipinski definition) is 4. The van der Waals surface area contributed by atoms with Gasteiger partial charge in [-0.1, -0.05) is 0 Å². The highest BCUT2D eigenvalue weighted by molar-refractivity contribution is 5.95. The number of nitrogens with two attached hydrogens (primary N) is 1. The number of H-pyrrole nitrogens is 1. The van der Waals surface area contributed by atoms with Crippen LogP contribution in [-0.4, -0.2) is 48.2 Å². The SMILES string of the molecule is N#C[C@]1(CO)C(=O)[C@@H](n2cnc3c(=O)[nH]c(N)nc32)C[C@@H]1O. The predicted octanol–water partition coefficient (Wildman–Crippen LogP) is -1.92. The summed E-state index contributed by atoms with van der Waals surface area (Å²) in [5, 5.41) is 28.5. The lowest BCUT2D eigenvalue weighted by Gasteiger charge is -2.19. The zero-order valence-electron chi connectivity index (χ0n) is 11.2. The molecule has 1 fully saturated rings. The number of aliphatic hydroxyl groups is 2. The van der Waals surface area contributed by atoms with E-state index in [0.717, 1.165) is 0 Å². The third-order valence-electron chi connectivity index (χ3n) is 3.99. The Morgan fingerprint density at radius 2 is 2.32 bits per heavy atom. The fraction of sp³-hybridized carbons (Fsp3) is 0.417. The zero-order valence-corrected chi connectivity index (χ0v) is 11.2. The van der Waals surface area contributed by atoms with Crippen LogP contribution < -0.4 is 11.3 Å². The van der Waals surface area contributed by atoms with Crippen LogP contribution >= 0.6 is 0 Å². The second-order valence-corrected chi connectivity index (χ2v) is 5.15. The van der Waals surface area contributed by atoms with Crippen LogP contribution in [0.5, 0.6) is 0 Å². The number of aromatic amines is 1. The van der Waals surface area contributed by atoms with Gasteiger partial charge in [0.2, 0.25) is 5.95 Å². The smallest absolute Gasteiger partial charge is 0.280 e. The molecule has 0 aliphatic heterocycles. The monoisotopic (exact) mass is 304 g/mol. The Balaban J connectivity index is 2.16. The third-order valence-corrected chi connectivity index (χ3v) is 3.99. The number of nitrogens with one attached hydrogen (secondary N) is 1. The molecule has 0 aromatic carbocycles. The van der Waals surface area contributed by atoms with E-state index < -0.39 is 35.5 Å². The average Bonchev–Trinajstić information content (AvgIpc) is 2.99. The van der Waals surface area contributed by atoms with Crippen molar-refractivity contribution >= 4 is 22.9 Å². The fourth-order valence-electron chi connectivity index (χ4n) is 2.74. The van der Waals surface area contributed by atoms with Gasteiger partial charge < -0.3 is 20.5 Å².